The van der Waals surface area contributed by atoms with Crippen LogP contribution in [0.2, 0.25) is 5.32 Å². The van der Waals surface area contributed by atoms with E-state index in [0.717, 1.165) is 29.5 Å². The van der Waals surface area contributed by atoms with Crippen LogP contribution in [0.3, 0.4) is 0 Å². The Bertz CT molecular complexity index is 778. The van der Waals surface area contributed by atoms with E-state index in [1.54, 1.807) is 32.8 Å². The molecule has 2 amide bonds. The molecule has 32 heavy (non-hydrogen) atoms. The molecule has 1 aliphatic heterocycles. The zero-order valence-electron chi connectivity index (χ0n) is 19.5. The molecule has 0 bridgehead atoms. The number of esters is 1. The van der Waals surface area contributed by atoms with Crippen molar-refractivity contribution in [2.45, 2.75) is 68.4 Å². The Morgan fingerprint density at radius 3 is 2.44 bits per heavy atom. The Morgan fingerprint density at radius 2 is 1.84 bits per heavy atom. The van der Waals surface area contributed by atoms with Crippen molar-refractivity contribution in [2.75, 3.05) is 20.8 Å². The molecule has 1 fully saturated rings. The third-order valence-electron chi connectivity index (χ3n) is 4.96. The van der Waals surface area contributed by atoms with Crippen molar-refractivity contribution >= 4 is 32.9 Å². The molecule has 1 aromatic carbocycles. The molecule has 0 aliphatic carbocycles. The Morgan fingerprint density at radius 1 is 1.16 bits per heavy atom. The van der Waals surface area contributed by atoms with Gasteiger partial charge in [-0.1, -0.05) is 0 Å². The summed E-state index contributed by atoms with van der Waals surface area (Å²) in [5.41, 5.74) is 0.464. The molecule has 9 heteroatoms. The average Bonchev–Trinajstić information content (AvgIpc) is 2.76. The molecule has 1 N–H and O–H groups in total. The summed E-state index contributed by atoms with van der Waals surface area (Å²) < 4.78 is 15.5. The van der Waals surface area contributed by atoms with E-state index in [9.17, 15) is 14.4 Å². The zero-order valence-corrected chi connectivity index (χ0v) is 21.2. The summed E-state index contributed by atoms with van der Waals surface area (Å²) in [5.74, 6) is 0.111. The molecule has 1 aliphatic rings. The Labute approximate surface area is 196 Å². The monoisotopic (exact) mass is 514 g/mol. The minimum atomic E-state index is -0.756. The molecule has 0 aromatic heterocycles. The van der Waals surface area contributed by atoms with Crippen LogP contribution in [-0.4, -0.2) is 76.3 Å². The summed E-state index contributed by atoms with van der Waals surface area (Å²) >= 11 is 0.0421. The van der Waals surface area contributed by atoms with Gasteiger partial charge in [0.2, 0.25) is 0 Å². The number of alkyl carbamates (subject to hydrolysis) is 1. The summed E-state index contributed by atoms with van der Waals surface area (Å²) in [4.78, 5) is 39.6. The van der Waals surface area contributed by atoms with Gasteiger partial charge in [0.1, 0.15) is 0 Å². The molecule has 0 saturated carbocycles. The summed E-state index contributed by atoms with van der Waals surface area (Å²) in [7, 11) is 2.95. The Hall–Kier alpha value is -2.25. The molecule has 1 saturated heterocycles. The van der Waals surface area contributed by atoms with Crippen molar-refractivity contribution in [3.8, 4) is 5.75 Å². The fourth-order valence-electron chi connectivity index (χ4n) is 3.42. The molecule has 178 valence electrons. The predicted molar refractivity (Wildman–Crippen MR) is 122 cm³/mol. The zero-order chi connectivity index (χ0) is 23.7. The standard InChI is InChI=1S/C23H34N2O6Se/c1-23(2,3)31-22(28)24-18(15-32-14-16-9-11-17(29-4)12-10-16)20(26)25-13-7-6-8-19(25)21(27)30-5/h9-12,18-19H,6-8,13-15H2,1-5H3,(H,24,28)/t18-,19-/m0/s1. The van der Waals surface area contributed by atoms with Gasteiger partial charge in [0.05, 0.1) is 0 Å². The second-order valence-electron chi connectivity index (χ2n) is 8.63. The molecule has 2 rings (SSSR count). The molecule has 0 spiro atoms. The van der Waals surface area contributed by atoms with Crippen molar-refractivity contribution in [2.24, 2.45) is 0 Å². The number of carbonyl (C=O) groups is 3. The molecule has 1 aromatic rings. The van der Waals surface area contributed by atoms with Gasteiger partial charge in [-0.05, 0) is 0 Å². The number of methoxy groups -OCH3 is 2. The van der Waals surface area contributed by atoms with E-state index in [0.29, 0.717) is 18.3 Å². The number of rotatable bonds is 8. The normalized spacial score (nSPS) is 17.3. The first-order valence-corrected chi connectivity index (χ1v) is 13.2. The van der Waals surface area contributed by atoms with Crippen LogP contribution in [0, 0.1) is 0 Å². The molecule has 2 atom stereocenters. The van der Waals surface area contributed by atoms with Gasteiger partial charge in [-0.25, -0.2) is 0 Å². The summed E-state index contributed by atoms with van der Waals surface area (Å²) in [5, 5.41) is 4.03. The van der Waals surface area contributed by atoms with Crippen LogP contribution in [0.5, 0.6) is 5.75 Å². The van der Waals surface area contributed by atoms with E-state index < -0.39 is 29.7 Å². The van der Waals surface area contributed by atoms with Gasteiger partial charge in [0.15, 0.2) is 0 Å². The van der Waals surface area contributed by atoms with Crippen LogP contribution >= 0.6 is 0 Å². The third-order valence-corrected chi connectivity index (χ3v) is 7.28. The van der Waals surface area contributed by atoms with Gasteiger partial charge in [0, 0.05) is 0 Å². The van der Waals surface area contributed by atoms with E-state index in [4.69, 9.17) is 14.2 Å². The second kappa shape index (κ2) is 12.1. The van der Waals surface area contributed by atoms with E-state index in [-0.39, 0.29) is 20.9 Å². The number of nitrogens with one attached hydrogen (secondary N) is 1. The number of carbonyl (C=O) groups excluding carboxylic acids is 3. The van der Waals surface area contributed by atoms with Crippen LogP contribution < -0.4 is 10.1 Å². The summed E-state index contributed by atoms with van der Waals surface area (Å²) in [6, 6.07) is 6.43. The third kappa shape index (κ3) is 8.02. The van der Waals surface area contributed by atoms with Gasteiger partial charge in [0.25, 0.3) is 0 Å². The fraction of sp³-hybridized carbons (Fsp3) is 0.609. The van der Waals surface area contributed by atoms with Crippen LogP contribution in [-0.2, 0) is 24.4 Å². The van der Waals surface area contributed by atoms with Gasteiger partial charge in [-0.15, -0.1) is 0 Å². The number of hydrogen-bond donors (Lipinski definition) is 1. The van der Waals surface area contributed by atoms with Crippen molar-refractivity contribution in [3.63, 3.8) is 0 Å². The average molecular weight is 513 g/mol. The fourth-order valence-corrected chi connectivity index (χ4v) is 5.53. The summed E-state index contributed by atoms with van der Waals surface area (Å²) in [6.07, 6.45) is 1.60. The van der Waals surface area contributed by atoms with Crippen LogP contribution in [0.25, 0.3) is 0 Å². The van der Waals surface area contributed by atoms with E-state index in [1.165, 1.54) is 7.11 Å². The van der Waals surface area contributed by atoms with Crippen LogP contribution in [0.4, 0.5) is 4.79 Å². The van der Waals surface area contributed by atoms with Gasteiger partial charge in [-0.3, -0.25) is 0 Å². The van der Waals surface area contributed by atoms with Gasteiger partial charge < -0.3 is 0 Å². The second-order valence-corrected chi connectivity index (χ2v) is 10.8. The number of hydrogen-bond acceptors (Lipinski definition) is 6. The Balaban J connectivity index is 2.10. The quantitative estimate of drug-likeness (QED) is 0.425. The van der Waals surface area contributed by atoms with E-state index in [1.807, 2.05) is 24.3 Å². The number of piperidine rings is 1. The number of nitrogens with zero attached hydrogens (tertiary/aromatic N) is 1. The topological polar surface area (TPSA) is 94.2 Å². The first-order valence-electron chi connectivity index (χ1n) is 10.7. The van der Waals surface area contributed by atoms with Crippen LogP contribution in [0.15, 0.2) is 24.3 Å². The number of benzene rings is 1. The van der Waals surface area contributed by atoms with Crippen molar-refractivity contribution < 1.29 is 28.6 Å². The first-order chi connectivity index (χ1) is 15.1. The van der Waals surface area contributed by atoms with Crippen LogP contribution in [0.1, 0.15) is 45.6 Å². The minimum absolute atomic E-state index is 0.0421. The molecular weight excluding hydrogens is 479 g/mol. The Kier molecular flexibility index (Phi) is 9.84. The predicted octanol–water partition coefficient (Wildman–Crippen LogP) is 2.77. The number of likely N-dealkylation sites (tertiary alicyclic amines) is 1. The van der Waals surface area contributed by atoms with Crippen molar-refractivity contribution in [1.29, 1.82) is 0 Å². The summed E-state index contributed by atoms with van der Waals surface area (Å²) in [6.45, 7) is 5.79. The SMILES string of the molecule is COC(=O)[C@@H]1CCCCN1C(=O)[C@H](C[Se]Cc1ccc(OC)cc1)NC(=O)OC(C)(C)C. The number of amides is 2. The maximum atomic E-state index is 13.4. The van der Waals surface area contributed by atoms with Gasteiger partial charge in [-0.2, -0.15) is 0 Å². The molecule has 0 radical (unpaired) electrons. The molecule has 8 nitrogen and oxygen atoms in total. The van der Waals surface area contributed by atoms with E-state index >= 15 is 0 Å². The molecule has 0 unspecified atom stereocenters. The van der Waals surface area contributed by atoms with Gasteiger partial charge >= 0.3 is 196 Å². The van der Waals surface area contributed by atoms with E-state index in [2.05, 4.69) is 5.32 Å². The number of ether oxygens (including phenoxy) is 3. The molecule has 1 heterocycles. The first kappa shape index (κ1) is 26.0. The van der Waals surface area contributed by atoms with Crippen molar-refractivity contribution in [1.82, 2.24) is 10.2 Å². The van der Waals surface area contributed by atoms with Crippen molar-refractivity contribution in [3.05, 3.63) is 29.8 Å². The molecular formula is C23H34N2O6Se. The maximum absolute atomic E-state index is 13.4.